The standard InChI is InChI=1S/C16H17ClN2OS/c1-11-5-7-13(8-6-11)10-19-15(20)12(2)21-16-14(17)4-3-9-18-16/h3-9,12H,10H2,1-2H3,(H,19,20)/t12-/m0/s1. The highest BCUT2D eigenvalue weighted by Gasteiger charge is 2.16. The Bertz CT molecular complexity index is 616. The first-order valence-corrected chi connectivity index (χ1v) is 7.92. The van der Waals surface area contributed by atoms with E-state index in [9.17, 15) is 4.79 Å². The summed E-state index contributed by atoms with van der Waals surface area (Å²) in [5, 5.41) is 3.93. The van der Waals surface area contributed by atoms with E-state index in [2.05, 4.69) is 10.3 Å². The summed E-state index contributed by atoms with van der Waals surface area (Å²) < 4.78 is 0. The van der Waals surface area contributed by atoms with Crippen LogP contribution in [0.1, 0.15) is 18.1 Å². The number of halogens is 1. The Morgan fingerprint density at radius 1 is 1.33 bits per heavy atom. The average molecular weight is 321 g/mol. The average Bonchev–Trinajstić information content (AvgIpc) is 2.48. The highest BCUT2D eigenvalue weighted by molar-refractivity contribution is 8.00. The van der Waals surface area contributed by atoms with Gasteiger partial charge in [-0.25, -0.2) is 4.98 Å². The van der Waals surface area contributed by atoms with E-state index in [1.807, 2.05) is 38.1 Å². The normalized spacial score (nSPS) is 12.0. The van der Waals surface area contributed by atoms with Gasteiger partial charge in [0.05, 0.1) is 10.3 Å². The lowest BCUT2D eigenvalue weighted by molar-refractivity contribution is -0.120. The third-order valence-electron chi connectivity index (χ3n) is 2.97. The molecule has 0 aliphatic rings. The second-order valence-electron chi connectivity index (χ2n) is 4.75. The highest BCUT2D eigenvalue weighted by Crippen LogP contribution is 2.27. The van der Waals surface area contributed by atoms with Gasteiger partial charge >= 0.3 is 0 Å². The first-order chi connectivity index (χ1) is 10.1. The lowest BCUT2D eigenvalue weighted by Gasteiger charge is -2.12. The van der Waals surface area contributed by atoms with Crippen LogP contribution in [0.2, 0.25) is 5.02 Å². The van der Waals surface area contributed by atoms with Gasteiger partial charge in [0.2, 0.25) is 5.91 Å². The van der Waals surface area contributed by atoms with E-state index in [-0.39, 0.29) is 11.2 Å². The lowest BCUT2D eigenvalue weighted by atomic mass is 10.1. The van der Waals surface area contributed by atoms with Crippen molar-refractivity contribution in [1.82, 2.24) is 10.3 Å². The van der Waals surface area contributed by atoms with Crippen LogP contribution in [-0.4, -0.2) is 16.1 Å². The Kier molecular flexibility index (Phi) is 5.65. The molecule has 5 heteroatoms. The van der Waals surface area contributed by atoms with Crippen molar-refractivity contribution in [2.45, 2.75) is 30.7 Å². The molecular formula is C16H17ClN2OS. The number of carbonyl (C=O) groups excluding carboxylic acids is 1. The van der Waals surface area contributed by atoms with E-state index in [0.717, 1.165) is 5.56 Å². The molecule has 0 fully saturated rings. The van der Waals surface area contributed by atoms with Gasteiger partial charge in [-0.05, 0) is 31.5 Å². The molecule has 1 aromatic carbocycles. The van der Waals surface area contributed by atoms with Crippen molar-refractivity contribution in [1.29, 1.82) is 0 Å². The van der Waals surface area contributed by atoms with Crippen molar-refractivity contribution in [2.24, 2.45) is 0 Å². The molecule has 110 valence electrons. The molecule has 1 amide bonds. The van der Waals surface area contributed by atoms with Crippen LogP contribution in [-0.2, 0) is 11.3 Å². The first-order valence-electron chi connectivity index (χ1n) is 6.66. The summed E-state index contributed by atoms with van der Waals surface area (Å²) in [6, 6.07) is 11.6. The van der Waals surface area contributed by atoms with Crippen molar-refractivity contribution < 1.29 is 4.79 Å². The summed E-state index contributed by atoms with van der Waals surface area (Å²) >= 11 is 7.41. The Morgan fingerprint density at radius 3 is 2.71 bits per heavy atom. The van der Waals surface area contributed by atoms with Crippen LogP contribution in [0.3, 0.4) is 0 Å². The van der Waals surface area contributed by atoms with Crippen molar-refractivity contribution in [3.63, 3.8) is 0 Å². The Hall–Kier alpha value is -1.52. The molecule has 0 saturated heterocycles. The van der Waals surface area contributed by atoms with Gasteiger partial charge in [-0.15, -0.1) is 0 Å². The number of pyridine rings is 1. The van der Waals surface area contributed by atoms with Gasteiger partial charge in [-0.3, -0.25) is 4.79 Å². The molecule has 0 saturated carbocycles. The third-order valence-corrected chi connectivity index (χ3v) is 4.50. The number of aryl methyl sites for hydroxylation is 1. The zero-order valence-corrected chi connectivity index (χ0v) is 13.5. The number of hydrogen-bond donors (Lipinski definition) is 1. The Balaban J connectivity index is 1.88. The van der Waals surface area contributed by atoms with E-state index in [1.165, 1.54) is 17.3 Å². The predicted octanol–water partition coefficient (Wildman–Crippen LogP) is 3.84. The molecular weight excluding hydrogens is 304 g/mol. The van der Waals surface area contributed by atoms with Crippen molar-refractivity contribution >= 4 is 29.3 Å². The number of thioether (sulfide) groups is 1. The van der Waals surface area contributed by atoms with E-state index >= 15 is 0 Å². The van der Waals surface area contributed by atoms with Gasteiger partial charge < -0.3 is 5.32 Å². The maximum atomic E-state index is 12.1. The third kappa shape index (κ3) is 4.76. The second-order valence-corrected chi connectivity index (χ2v) is 6.49. The van der Waals surface area contributed by atoms with Gasteiger partial charge in [0, 0.05) is 12.7 Å². The maximum absolute atomic E-state index is 12.1. The fraction of sp³-hybridized carbons (Fsp3) is 0.250. The molecule has 21 heavy (non-hydrogen) atoms. The fourth-order valence-electron chi connectivity index (χ4n) is 1.72. The number of nitrogens with zero attached hydrogens (tertiary/aromatic N) is 1. The zero-order chi connectivity index (χ0) is 15.2. The van der Waals surface area contributed by atoms with E-state index in [1.54, 1.807) is 18.3 Å². The van der Waals surface area contributed by atoms with E-state index < -0.39 is 0 Å². The van der Waals surface area contributed by atoms with Crippen LogP contribution >= 0.6 is 23.4 Å². The number of nitrogens with one attached hydrogen (secondary N) is 1. The van der Waals surface area contributed by atoms with Crippen LogP contribution in [0, 0.1) is 6.92 Å². The van der Waals surface area contributed by atoms with Gasteiger partial charge in [0.15, 0.2) is 0 Å². The largest absolute Gasteiger partial charge is 0.351 e. The molecule has 1 N–H and O–H groups in total. The minimum atomic E-state index is -0.247. The summed E-state index contributed by atoms with van der Waals surface area (Å²) in [4.78, 5) is 16.3. The molecule has 3 nitrogen and oxygen atoms in total. The minimum Gasteiger partial charge on any atom is -0.351 e. The fourth-order valence-corrected chi connectivity index (χ4v) is 2.80. The number of carbonyl (C=O) groups is 1. The number of hydrogen-bond acceptors (Lipinski definition) is 3. The number of benzene rings is 1. The maximum Gasteiger partial charge on any atom is 0.233 e. The quantitative estimate of drug-likeness (QED) is 0.851. The SMILES string of the molecule is Cc1ccc(CNC(=O)[C@H](C)Sc2ncccc2Cl)cc1. The van der Waals surface area contributed by atoms with Gasteiger partial charge in [-0.2, -0.15) is 0 Å². The van der Waals surface area contributed by atoms with Crippen LogP contribution in [0.25, 0.3) is 0 Å². The molecule has 0 radical (unpaired) electrons. The van der Waals surface area contributed by atoms with Gasteiger partial charge in [0.1, 0.15) is 5.03 Å². The lowest BCUT2D eigenvalue weighted by Crippen LogP contribution is -2.30. The van der Waals surface area contributed by atoms with Gasteiger partial charge in [-0.1, -0.05) is 53.2 Å². The van der Waals surface area contributed by atoms with Gasteiger partial charge in [0.25, 0.3) is 0 Å². The number of amides is 1. The molecule has 2 aromatic rings. The highest BCUT2D eigenvalue weighted by atomic mass is 35.5. The van der Waals surface area contributed by atoms with Crippen molar-refractivity contribution in [2.75, 3.05) is 0 Å². The molecule has 1 heterocycles. The molecule has 1 aromatic heterocycles. The molecule has 0 bridgehead atoms. The van der Waals surface area contributed by atoms with Crippen LogP contribution in [0.5, 0.6) is 0 Å². The summed E-state index contributed by atoms with van der Waals surface area (Å²) in [7, 11) is 0. The van der Waals surface area contributed by atoms with E-state index in [4.69, 9.17) is 11.6 Å². The summed E-state index contributed by atoms with van der Waals surface area (Å²) in [6.07, 6.45) is 1.67. The Morgan fingerprint density at radius 2 is 2.05 bits per heavy atom. The zero-order valence-electron chi connectivity index (χ0n) is 12.0. The number of aromatic nitrogens is 1. The van der Waals surface area contributed by atoms with Crippen LogP contribution in [0.4, 0.5) is 0 Å². The summed E-state index contributed by atoms with van der Waals surface area (Å²) in [6.45, 7) is 4.41. The van der Waals surface area contributed by atoms with Crippen LogP contribution < -0.4 is 5.32 Å². The predicted molar refractivity (Wildman–Crippen MR) is 87.6 cm³/mol. The van der Waals surface area contributed by atoms with Crippen LogP contribution in [0.15, 0.2) is 47.6 Å². The second kappa shape index (κ2) is 7.48. The number of rotatable bonds is 5. The molecule has 0 unspecified atom stereocenters. The van der Waals surface area contributed by atoms with E-state index in [0.29, 0.717) is 16.6 Å². The monoisotopic (exact) mass is 320 g/mol. The Labute approximate surface area is 134 Å². The van der Waals surface area contributed by atoms with Crippen molar-refractivity contribution in [3.05, 3.63) is 58.7 Å². The van der Waals surface area contributed by atoms with Crippen molar-refractivity contribution in [3.8, 4) is 0 Å². The molecule has 1 atom stereocenters. The summed E-state index contributed by atoms with van der Waals surface area (Å²) in [5.74, 6) is -0.0257. The summed E-state index contributed by atoms with van der Waals surface area (Å²) in [5.41, 5.74) is 2.29. The first kappa shape index (κ1) is 15.9. The smallest absolute Gasteiger partial charge is 0.233 e. The minimum absolute atomic E-state index is 0.0257. The molecule has 2 rings (SSSR count). The topological polar surface area (TPSA) is 42.0 Å². The molecule has 0 aliphatic carbocycles. The molecule has 0 aliphatic heterocycles. The molecule has 0 spiro atoms.